The van der Waals surface area contributed by atoms with Crippen LogP contribution >= 0.6 is 0 Å². The Kier molecular flexibility index (Phi) is 4.87. The zero-order valence-corrected chi connectivity index (χ0v) is 19.9. The molecule has 9 nitrogen and oxygen atoms in total. The zero-order valence-electron chi connectivity index (χ0n) is 19.9. The fourth-order valence-corrected chi connectivity index (χ4v) is 5.19. The molecular formula is C25H28N4O5. The summed E-state index contributed by atoms with van der Waals surface area (Å²) in [5.74, 6) is -0.00228. The smallest absolute Gasteiger partial charge is 0.414 e. The van der Waals surface area contributed by atoms with Gasteiger partial charge in [-0.25, -0.2) is 14.7 Å². The van der Waals surface area contributed by atoms with E-state index in [1.807, 2.05) is 42.5 Å². The van der Waals surface area contributed by atoms with Crippen LogP contribution in [0.15, 0.2) is 48.5 Å². The molecular weight excluding hydrogens is 436 g/mol. The lowest BCUT2D eigenvalue weighted by Crippen LogP contribution is -2.60. The second kappa shape index (κ2) is 7.46. The van der Waals surface area contributed by atoms with Gasteiger partial charge in [0.25, 0.3) is 5.91 Å². The number of carbonyl (C=O) groups is 3. The summed E-state index contributed by atoms with van der Waals surface area (Å²) >= 11 is 0. The number of fused-ring (bicyclic) bond motifs is 4. The van der Waals surface area contributed by atoms with E-state index < -0.39 is 23.5 Å². The van der Waals surface area contributed by atoms with Crippen molar-refractivity contribution >= 4 is 23.6 Å². The fourth-order valence-electron chi connectivity index (χ4n) is 5.19. The fraction of sp³-hybridized carbons (Fsp3) is 0.400. The van der Waals surface area contributed by atoms with E-state index in [0.717, 1.165) is 0 Å². The van der Waals surface area contributed by atoms with E-state index in [-0.39, 0.29) is 18.2 Å². The first-order valence-corrected chi connectivity index (χ1v) is 11.2. The maximum Gasteiger partial charge on any atom is 0.414 e. The Bertz CT molecular complexity index is 1190. The number of hydrogen-bond donors (Lipinski definition) is 0. The third-order valence-electron chi connectivity index (χ3n) is 6.46. The van der Waals surface area contributed by atoms with Crippen molar-refractivity contribution in [2.45, 2.75) is 44.6 Å². The van der Waals surface area contributed by atoms with E-state index in [0.29, 0.717) is 29.1 Å². The number of methoxy groups -OCH3 is 1. The summed E-state index contributed by atoms with van der Waals surface area (Å²) in [6, 6.07) is 14.6. The van der Waals surface area contributed by atoms with Crippen molar-refractivity contribution in [3.05, 3.63) is 59.7 Å². The van der Waals surface area contributed by atoms with Crippen LogP contribution in [0.5, 0.6) is 5.75 Å². The first-order valence-electron chi connectivity index (χ1n) is 11.2. The first kappa shape index (κ1) is 22.2. The minimum Gasteiger partial charge on any atom is -0.497 e. The van der Waals surface area contributed by atoms with Gasteiger partial charge in [0.1, 0.15) is 17.5 Å². The topological polar surface area (TPSA) is 82.6 Å². The molecule has 2 fully saturated rings. The number of carbonyl (C=O) groups excluding carboxylic acids is 3. The molecule has 0 aromatic heterocycles. The van der Waals surface area contributed by atoms with Crippen LogP contribution in [0.25, 0.3) is 0 Å². The van der Waals surface area contributed by atoms with Crippen molar-refractivity contribution in [1.82, 2.24) is 14.9 Å². The largest absolute Gasteiger partial charge is 0.497 e. The van der Waals surface area contributed by atoms with Crippen molar-refractivity contribution in [2.75, 3.05) is 25.6 Å². The molecule has 2 atom stereocenters. The number of likely N-dealkylation sites (N-methyl/N-ethyl adjacent to an activating group) is 1. The molecule has 0 aliphatic carbocycles. The highest BCUT2D eigenvalue weighted by Gasteiger charge is 2.71. The quantitative estimate of drug-likeness (QED) is 0.679. The van der Waals surface area contributed by atoms with Crippen LogP contribution in [0.1, 0.15) is 44.5 Å². The highest BCUT2D eigenvalue weighted by atomic mass is 16.6. The minimum atomic E-state index is -1.69. The molecule has 2 aromatic rings. The van der Waals surface area contributed by atoms with Crippen LogP contribution in [-0.4, -0.2) is 59.1 Å². The van der Waals surface area contributed by atoms with Crippen LogP contribution in [0.3, 0.4) is 0 Å². The summed E-state index contributed by atoms with van der Waals surface area (Å²) in [5, 5.41) is 3.26. The van der Waals surface area contributed by atoms with Crippen LogP contribution in [0.4, 0.5) is 10.5 Å². The summed E-state index contributed by atoms with van der Waals surface area (Å²) < 4.78 is 11.3. The molecule has 0 saturated carbocycles. The third-order valence-corrected chi connectivity index (χ3v) is 6.46. The van der Waals surface area contributed by atoms with Gasteiger partial charge in [-0.1, -0.05) is 30.3 Å². The highest BCUT2D eigenvalue weighted by Crippen LogP contribution is 2.57. The van der Waals surface area contributed by atoms with Gasteiger partial charge in [-0.05, 0) is 44.5 Å². The standard InChI is InChI=1S/C25H28N4O5/c1-24(2,3)34-23(32)28-21(16-9-8-10-17(15-16)33-5)27-14-13-20(30)29(27)25(28)18-11-6-7-12-19(18)26(4)22(25)31/h6-12,15,21H,13-14H2,1-5H3/t21-,25+/m1/s1. The summed E-state index contributed by atoms with van der Waals surface area (Å²) in [7, 11) is 3.23. The van der Waals surface area contributed by atoms with Crippen LogP contribution < -0.4 is 9.64 Å². The lowest BCUT2D eigenvalue weighted by Gasteiger charge is -2.38. The second-order valence-electron chi connectivity index (χ2n) is 9.67. The molecule has 1 spiro atoms. The predicted molar refractivity (Wildman–Crippen MR) is 124 cm³/mol. The van der Waals surface area contributed by atoms with Crippen molar-refractivity contribution in [3.63, 3.8) is 0 Å². The Morgan fingerprint density at radius 3 is 2.53 bits per heavy atom. The molecule has 178 valence electrons. The molecule has 9 heteroatoms. The van der Waals surface area contributed by atoms with E-state index >= 15 is 0 Å². The number of ether oxygens (including phenoxy) is 2. The van der Waals surface area contributed by atoms with Gasteiger partial charge in [-0.3, -0.25) is 9.59 Å². The summed E-state index contributed by atoms with van der Waals surface area (Å²) in [6.07, 6.45) is -1.19. The van der Waals surface area contributed by atoms with Gasteiger partial charge in [0, 0.05) is 25.6 Å². The van der Waals surface area contributed by atoms with Gasteiger partial charge < -0.3 is 14.4 Å². The number of amides is 3. The van der Waals surface area contributed by atoms with Gasteiger partial charge in [-0.15, -0.1) is 0 Å². The summed E-state index contributed by atoms with van der Waals surface area (Å²) in [6.45, 7) is 5.69. The number of para-hydroxylation sites is 1. The molecule has 5 rings (SSSR count). The number of hydrazine groups is 1. The van der Waals surface area contributed by atoms with Crippen LogP contribution in [0, 0.1) is 0 Å². The lowest BCUT2D eigenvalue weighted by atomic mass is 9.97. The molecule has 3 amide bonds. The van der Waals surface area contributed by atoms with Gasteiger partial charge in [0.05, 0.1) is 12.8 Å². The van der Waals surface area contributed by atoms with Gasteiger partial charge in [-0.2, -0.15) is 5.01 Å². The number of anilines is 1. The number of benzene rings is 2. The molecule has 0 unspecified atom stereocenters. The molecule has 3 aliphatic rings. The molecule has 2 aromatic carbocycles. The Morgan fingerprint density at radius 2 is 1.82 bits per heavy atom. The summed E-state index contributed by atoms with van der Waals surface area (Å²) in [4.78, 5) is 44.3. The summed E-state index contributed by atoms with van der Waals surface area (Å²) in [5.41, 5.74) is -0.571. The van der Waals surface area contributed by atoms with Gasteiger partial charge >= 0.3 is 6.09 Å². The van der Waals surface area contributed by atoms with Gasteiger partial charge in [0.2, 0.25) is 11.6 Å². The number of rotatable bonds is 2. The van der Waals surface area contributed by atoms with Crippen molar-refractivity contribution in [3.8, 4) is 5.75 Å². The Labute approximate surface area is 198 Å². The third kappa shape index (κ3) is 2.93. The maximum absolute atomic E-state index is 14.1. The van der Waals surface area contributed by atoms with E-state index in [4.69, 9.17) is 9.47 Å². The average molecular weight is 465 g/mol. The lowest BCUT2D eigenvalue weighted by molar-refractivity contribution is -0.157. The van der Waals surface area contributed by atoms with Crippen molar-refractivity contribution in [2.24, 2.45) is 0 Å². The maximum atomic E-state index is 14.1. The van der Waals surface area contributed by atoms with E-state index in [1.165, 1.54) is 14.8 Å². The van der Waals surface area contributed by atoms with Crippen molar-refractivity contribution in [1.29, 1.82) is 0 Å². The SMILES string of the molecule is COc1cccc([C@@H]2N3CCC(=O)N3[C@@]3(C(=O)N(C)c4ccccc43)N2C(=O)OC(C)(C)C)c1. The normalized spacial score (nSPS) is 24.1. The molecule has 34 heavy (non-hydrogen) atoms. The first-order chi connectivity index (χ1) is 16.1. The monoisotopic (exact) mass is 464 g/mol. The molecule has 3 heterocycles. The zero-order chi connectivity index (χ0) is 24.4. The van der Waals surface area contributed by atoms with Crippen molar-refractivity contribution < 1.29 is 23.9 Å². The minimum absolute atomic E-state index is 0.225. The molecule has 0 N–H and O–H groups in total. The predicted octanol–water partition coefficient (Wildman–Crippen LogP) is 3.22. The van der Waals surface area contributed by atoms with E-state index in [2.05, 4.69) is 0 Å². The van der Waals surface area contributed by atoms with Gasteiger partial charge in [0.15, 0.2) is 0 Å². The van der Waals surface area contributed by atoms with Crippen LogP contribution in [-0.2, 0) is 20.0 Å². The Morgan fingerprint density at radius 1 is 1.09 bits per heavy atom. The van der Waals surface area contributed by atoms with E-state index in [1.54, 1.807) is 46.0 Å². The Hall–Kier alpha value is -3.59. The highest BCUT2D eigenvalue weighted by molar-refractivity contribution is 6.10. The number of nitrogens with zero attached hydrogens (tertiary/aromatic N) is 4. The average Bonchev–Trinajstić information content (AvgIpc) is 3.39. The molecule has 2 saturated heterocycles. The van der Waals surface area contributed by atoms with Crippen LogP contribution in [0.2, 0.25) is 0 Å². The second-order valence-corrected chi connectivity index (χ2v) is 9.67. The molecule has 0 bridgehead atoms. The number of hydrogen-bond acceptors (Lipinski definition) is 6. The molecule has 0 radical (unpaired) electrons. The van der Waals surface area contributed by atoms with E-state index in [9.17, 15) is 14.4 Å². The Balaban J connectivity index is 1.80. The molecule has 3 aliphatic heterocycles.